The molecule has 1 saturated carbocycles. The Hall–Kier alpha value is -0.370. The van der Waals surface area contributed by atoms with Gasteiger partial charge in [0, 0.05) is 6.20 Å². The summed E-state index contributed by atoms with van der Waals surface area (Å²) in [5.74, 6) is 0.773. The minimum atomic E-state index is 0.773. The summed E-state index contributed by atoms with van der Waals surface area (Å²) >= 11 is 3.36. The van der Waals surface area contributed by atoms with E-state index in [1.807, 2.05) is 12.3 Å². The van der Waals surface area contributed by atoms with E-state index in [4.69, 9.17) is 0 Å². The zero-order valence-corrected chi connectivity index (χ0v) is 9.26. The Labute approximate surface area is 87.7 Å². The van der Waals surface area contributed by atoms with E-state index in [-0.39, 0.29) is 0 Å². The fraction of sp³-hybridized carbons (Fsp3) is 0.545. The van der Waals surface area contributed by atoms with Gasteiger partial charge in [-0.2, -0.15) is 0 Å². The Morgan fingerprint density at radius 3 is 2.54 bits per heavy atom. The Kier molecular flexibility index (Phi) is 2.99. The Balaban J connectivity index is 2.10. The molecular weight excluding hydrogens is 226 g/mol. The van der Waals surface area contributed by atoms with Crippen LogP contribution in [0, 0.1) is 0 Å². The second-order valence-corrected chi connectivity index (χ2v) is 4.56. The second kappa shape index (κ2) is 4.23. The first-order chi connectivity index (χ1) is 6.36. The summed E-state index contributed by atoms with van der Waals surface area (Å²) in [6.45, 7) is 0. The molecule has 0 amide bonds. The van der Waals surface area contributed by atoms with Gasteiger partial charge in [-0.3, -0.25) is 0 Å². The molecule has 0 radical (unpaired) electrons. The van der Waals surface area contributed by atoms with Gasteiger partial charge in [-0.15, -0.1) is 0 Å². The molecular formula is C11H14BrN. The highest BCUT2D eigenvalue weighted by atomic mass is 79.9. The zero-order chi connectivity index (χ0) is 9.10. The average molecular weight is 240 g/mol. The summed E-state index contributed by atoms with van der Waals surface area (Å²) in [6.07, 6.45) is 8.91. The third kappa shape index (κ3) is 2.31. The summed E-state index contributed by atoms with van der Waals surface area (Å²) in [6, 6.07) is 4.25. The van der Waals surface area contributed by atoms with E-state index in [9.17, 15) is 0 Å². The molecule has 0 atom stereocenters. The molecule has 1 nitrogen and oxygen atoms in total. The maximum atomic E-state index is 4.27. The van der Waals surface area contributed by atoms with Crippen molar-refractivity contribution in [2.75, 3.05) is 0 Å². The van der Waals surface area contributed by atoms with Crippen molar-refractivity contribution in [2.24, 2.45) is 0 Å². The monoisotopic (exact) mass is 239 g/mol. The summed E-state index contributed by atoms with van der Waals surface area (Å²) in [5.41, 5.74) is 1.42. The molecule has 0 aliphatic heterocycles. The van der Waals surface area contributed by atoms with Gasteiger partial charge in [0.25, 0.3) is 0 Å². The van der Waals surface area contributed by atoms with Crippen LogP contribution < -0.4 is 0 Å². The van der Waals surface area contributed by atoms with E-state index in [1.54, 1.807) is 0 Å². The van der Waals surface area contributed by atoms with Crippen molar-refractivity contribution < 1.29 is 0 Å². The highest BCUT2D eigenvalue weighted by Crippen LogP contribution is 2.32. The molecule has 1 aromatic rings. The van der Waals surface area contributed by atoms with Crippen LogP contribution in [0.3, 0.4) is 0 Å². The maximum Gasteiger partial charge on any atom is 0.106 e. The van der Waals surface area contributed by atoms with Gasteiger partial charge in [0.2, 0.25) is 0 Å². The van der Waals surface area contributed by atoms with Crippen LogP contribution in [-0.2, 0) is 0 Å². The first-order valence-corrected chi connectivity index (χ1v) is 5.77. The van der Waals surface area contributed by atoms with Crippen molar-refractivity contribution in [1.82, 2.24) is 4.98 Å². The van der Waals surface area contributed by atoms with Crippen LogP contribution in [-0.4, -0.2) is 4.98 Å². The van der Waals surface area contributed by atoms with Gasteiger partial charge in [0.1, 0.15) is 4.60 Å². The first-order valence-electron chi connectivity index (χ1n) is 4.98. The highest BCUT2D eigenvalue weighted by Gasteiger charge is 2.15. The SMILES string of the molecule is Brc1ccc(C2CCCCC2)cn1. The van der Waals surface area contributed by atoms with Crippen LogP contribution >= 0.6 is 15.9 Å². The highest BCUT2D eigenvalue weighted by molar-refractivity contribution is 9.10. The number of aromatic nitrogens is 1. The van der Waals surface area contributed by atoms with Gasteiger partial charge < -0.3 is 0 Å². The van der Waals surface area contributed by atoms with Crippen molar-refractivity contribution in [3.8, 4) is 0 Å². The third-order valence-electron chi connectivity index (χ3n) is 2.83. The second-order valence-electron chi connectivity index (χ2n) is 3.75. The average Bonchev–Trinajstić information content (AvgIpc) is 2.20. The van der Waals surface area contributed by atoms with Crippen LogP contribution in [0.1, 0.15) is 43.6 Å². The molecule has 1 aliphatic rings. The summed E-state index contributed by atoms with van der Waals surface area (Å²) in [7, 11) is 0. The van der Waals surface area contributed by atoms with Crippen LogP contribution in [0.15, 0.2) is 22.9 Å². The molecule has 1 heterocycles. The number of rotatable bonds is 1. The predicted molar refractivity (Wildman–Crippen MR) is 57.8 cm³/mol. The van der Waals surface area contributed by atoms with Crippen molar-refractivity contribution in [1.29, 1.82) is 0 Å². The van der Waals surface area contributed by atoms with Gasteiger partial charge in [-0.05, 0) is 46.3 Å². The molecule has 0 aromatic carbocycles. The molecule has 1 fully saturated rings. The lowest BCUT2D eigenvalue weighted by molar-refractivity contribution is 0.443. The largest absolute Gasteiger partial charge is 0.249 e. The molecule has 1 aromatic heterocycles. The smallest absolute Gasteiger partial charge is 0.106 e. The van der Waals surface area contributed by atoms with Crippen LogP contribution in [0.2, 0.25) is 0 Å². The van der Waals surface area contributed by atoms with Crippen LogP contribution in [0.25, 0.3) is 0 Å². The molecule has 0 unspecified atom stereocenters. The van der Waals surface area contributed by atoms with Crippen LogP contribution in [0.5, 0.6) is 0 Å². The molecule has 13 heavy (non-hydrogen) atoms. The lowest BCUT2D eigenvalue weighted by Crippen LogP contribution is -2.04. The lowest BCUT2D eigenvalue weighted by Gasteiger charge is -2.21. The first kappa shape index (κ1) is 9.20. The molecule has 0 N–H and O–H groups in total. The van der Waals surface area contributed by atoms with Crippen molar-refractivity contribution >= 4 is 15.9 Å². The van der Waals surface area contributed by atoms with E-state index >= 15 is 0 Å². The summed E-state index contributed by atoms with van der Waals surface area (Å²) in [4.78, 5) is 4.27. The molecule has 70 valence electrons. The Morgan fingerprint density at radius 2 is 1.92 bits per heavy atom. The van der Waals surface area contributed by atoms with E-state index in [2.05, 4.69) is 27.0 Å². The Morgan fingerprint density at radius 1 is 1.15 bits per heavy atom. The molecule has 0 bridgehead atoms. The fourth-order valence-corrected chi connectivity index (χ4v) is 2.30. The minimum Gasteiger partial charge on any atom is -0.249 e. The number of hydrogen-bond acceptors (Lipinski definition) is 1. The quantitative estimate of drug-likeness (QED) is 0.678. The Bertz CT molecular complexity index is 262. The summed E-state index contributed by atoms with van der Waals surface area (Å²) in [5, 5.41) is 0. The zero-order valence-electron chi connectivity index (χ0n) is 7.67. The van der Waals surface area contributed by atoms with E-state index in [0.29, 0.717) is 0 Å². The van der Waals surface area contributed by atoms with Crippen LogP contribution in [0.4, 0.5) is 0 Å². The van der Waals surface area contributed by atoms with Crippen molar-refractivity contribution in [2.45, 2.75) is 38.0 Å². The predicted octanol–water partition coefficient (Wildman–Crippen LogP) is 3.89. The number of nitrogens with zero attached hydrogens (tertiary/aromatic N) is 1. The van der Waals surface area contributed by atoms with E-state index < -0.39 is 0 Å². The van der Waals surface area contributed by atoms with Gasteiger partial charge >= 0.3 is 0 Å². The summed E-state index contributed by atoms with van der Waals surface area (Å²) < 4.78 is 0.937. The van der Waals surface area contributed by atoms with E-state index in [1.165, 1.54) is 37.7 Å². The van der Waals surface area contributed by atoms with Gasteiger partial charge in [-0.1, -0.05) is 25.3 Å². The van der Waals surface area contributed by atoms with Crippen molar-refractivity contribution in [3.05, 3.63) is 28.5 Å². The fourth-order valence-electron chi connectivity index (χ4n) is 2.06. The van der Waals surface area contributed by atoms with Gasteiger partial charge in [-0.25, -0.2) is 4.98 Å². The standard InChI is InChI=1S/C11H14BrN/c12-11-7-6-10(8-13-11)9-4-2-1-3-5-9/h6-9H,1-5H2. The van der Waals surface area contributed by atoms with Gasteiger partial charge in [0.05, 0.1) is 0 Å². The molecule has 0 spiro atoms. The molecule has 2 heteroatoms. The number of hydrogen-bond donors (Lipinski definition) is 0. The molecule has 1 aliphatic carbocycles. The molecule has 0 saturated heterocycles. The maximum absolute atomic E-state index is 4.27. The minimum absolute atomic E-state index is 0.773. The number of halogens is 1. The van der Waals surface area contributed by atoms with E-state index in [0.717, 1.165) is 10.5 Å². The number of pyridine rings is 1. The van der Waals surface area contributed by atoms with Gasteiger partial charge in [0.15, 0.2) is 0 Å². The third-order valence-corrected chi connectivity index (χ3v) is 3.30. The lowest BCUT2D eigenvalue weighted by atomic mass is 9.85. The topological polar surface area (TPSA) is 12.9 Å². The normalized spacial score (nSPS) is 18.8. The van der Waals surface area contributed by atoms with Crippen molar-refractivity contribution in [3.63, 3.8) is 0 Å². The molecule has 2 rings (SSSR count).